The zero-order valence-corrected chi connectivity index (χ0v) is 10.6. The van der Waals surface area contributed by atoms with Crippen molar-refractivity contribution in [2.75, 3.05) is 5.75 Å². The summed E-state index contributed by atoms with van der Waals surface area (Å²) < 4.78 is 0. The molecule has 2 N–H and O–H groups in total. The third kappa shape index (κ3) is 6.38. The highest BCUT2D eigenvalue weighted by molar-refractivity contribution is 7.99. The van der Waals surface area contributed by atoms with Crippen LogP contribution in [0, 0.1) is 12.3 Å². The lowest BCUT2D eigenvalue weighted by Gasteiger charge is -2.13. The van der Waals surface area contributed by atoms with Crippen molar-refractivity contribution in [2.45, 2.75) is 36.4 Å². The molecule has 3 heteroatoms. The minimum atomic E-state index is -0.586. The number of thioether (sulfide) groups is 1. The van der Waals surface area contributed by atoms with Gasteiger partial charge >= 0.3 is 0 Å². The summed E-state index contributed by atoms with van der Waals surface area (Å²) in [4.78, 5) is 1.20. The summed E-state index contributed by atoms with van der Waals surface area (Å²) in [6.45, 7) is 0. The van der Waals surface area contributed by atoms with Crippen LogP contribution in [-0.2, 0) is 0 Å². The van der Waals surface area contributed by atoms with E-state index in [0.29, 0.717) is 19.3 Å². The Morgan fingerprint density at radius 2 is 1.88 bits per heavy atom. The molecule has 0 bridgehead atoms. The van der Waals surface area contributed by atoms with Crippen molar-refractivity contribution in [2.24, 2.45) is 0 Å². The molecule has 0 fully saturated rings. The van der Waals surface area contributed by atoms with Gasteiger partial charge in [0.25, 0.3) is 0 Å². The Balaban J connectivity index is 2.16. The first-order chi connectivity index (χ1) is 8.22. The van der Waals surface area contributed by atoms with E-state index in [1.165, 1.54) is 4.90 Å². The van der Waals surface area contributed by atoms with E-state index in [4.69, 9.17) is 6.42 Å². The van der Waals surface area contributed by atoms with Crippen molar-refractivity contribution in [3.63, 3.8) is 0 Å². The summed E-state index contributed by atoms with van der Waals surface area (Å²) in [6, 6.07) is 10.1. The van der Waals surface area contributed by atoms with Crippen LogP contribution in [0.2, 0.25) is 0 Å². The SMILES string of the molecule is C#CC[C@@H](O)C[C@H](O)CCSc1ccccc1. The summed E-state index contributed by atoms with van der Waals surface area (Å²) in [5.74, 6) is 3.23. The van der Waals surface area contributed by atoms with Gasteiger partial charge in [0.2, 0.25) is 0 Å². The molecule has 0 saturated carbocycles. The van der Waals surface area contributed by atoms with Gasteiger partial charge in [0.05, 0.1) is 12.2 Å². The molecule has 0 amide bonds. The van der Waals surface area contributed by atoms with Crippen LogP contribution in [0.1, 0.15) is 19.3 Å². The summed E-state index contributed by atoms with van der Waals surface area (Å²) in [5, 5.41) is 19.1. The Hall–Kier alpha value is -0.950. The molecule has 1 rings (SSSR count). The summed E-state index contributed by atoms with van der Waals surface area (Å²) in [5.41, 5.74) is 0. The number of aliphatic hydroxyl groups is 2. The Morgan fingerprint density at radius 3 is 2.53 bits per heavy atom. The average molecular weight is 250 g/mol. The lowest BCUT2D eigenvalue weighted by atomic mass is 10.1. The van der Waals surface area contributed by atoms with Crippen LogP contribution < -0.4 is 0 Å². The fraction of sp³-hybridized carbons (Fsp3) is 0.429. The van der Waals surface area contributed by atoms with Gasteiger partial charge in [-0.1, -0.05) is 18.2 Å². The largest absolute Gasteiger partial charge is 0.393 e. The highest BCUT2D eigenvalue weighted by Gasteiger charge is 2.10. The van der Waals surface area contributed by atoms with Crippen molar-refractivity contribution >= 4 is 11.8 Å². The predicted octanol–water partition coefficient (Wildman–Crippen LogP) is 2.30. The number of benzene rings is 1. The molecule has 2 nitrogen and oxygen atoms in total. The Labute approximate surface area is 107 Å². The second kappa shape index (κ2) is 8.19. The van der Waals surface area contributed by atoms with Gasteiger partial charge in [0.1, 0.15) is 0 Å². The molecule has 2 atom stereocenters. The molecule has 0 radical (unpaired) electrons. The second-order valence-electron chi connectivity index (χ2n) is 3.90. The van der Waals surface area contributed by atoms with E-state index in [0.717, 1.165) is 5.75 Å². The van der Waals surface area contributed by atoms with Crippen LogP contribution in [0.3, 0.4) is 0 Å². The molecule has 92 valence electrons. The van der Waals surface area contributed by atoms with Gasteiger partial charge in [-0.3, -0.25) is 0 Å². The minimum absolute atomic E-state index is 0.308. The van der Waals surface area contributed by atoms with Crippen molar-refractivity contribution in [3.05, 3.63) is 30.3 Å². The topological polar surface area (TPSA) is 40.5 Å². The first-order valence-corrected chi connectivity index (χ1v) is 6.68. The van der Waals surface area contributed by atoms with E-state index in [1.807, 2.05) is 30.3 Å². The van der Waals surface area contributed by atoms with E-state index >= 15 is 0 Å². The maximum Gasteiger partial charge on any atom is 0.0673 e. The maximum atomic E-state index is 9.68. The lowest BCUT2D eigenvalue weighted by Crippen LogP contribution is -2.17. The van der Waals surface area contributed by atoms with Gasteiger partial charge in [-0.05, 0) is 18.6 Å². The van der Waals surface area contributed by atoms with Crippen LogP contribution in [0.4, 0.5) is 0 Å². The maximum absolute atomic E-state index is 9.68. The zero-order valence-electron chi connectivity index (χ0n) is 9.75. The summed E-state index contributed by atoms with van der Waals surface area (Å²) >= 11 is 1.71. The molecular formula is C14H18O2S. The smallest absolute Gasteiger partial charge is 0.0673 e. The predicted molar refractivity (Wildman–Crippen MR) is 71.9 cm³/mol. The quantitative estimate of drug-likeness (QED) is 0.576. The van der Waals surface area contributed by atoms with Gasteiger partial charge in [-0.15, -0.1) is 24.1 Å². The second-order valence-corrected chi connectivity index (χ2v) is 5.07. The molecule has 1 aromatic rings. The van der Waals surface area contributed by atoms with Crippen LogP contribution in [0.15, 0.2) is 35.2 Å². The number of hydrogen-bond acceptors (Lipinski definition) is 3. The molecule has 0 spiro atoms. The van der Waals surface area contributed by atoms with E-state index in [-0.39, 0.29) is 0 Å². The average Bonchev–Trinajstić information content (AvgIpc) is 2.30. The van der Waals surface area contributed by atoms with Crippen LogP contribution in [0.25, 0.3) is 0 Å². The van der Waals surface area contributed by atoms with E-state index in [2.05, 4.69) is 5.92 Å². The summed E-state index contributed by atoms with van der Waals surface area (Å²) in [6.07, 6.45) is 5.36. The lowest BCUT2D eigenvalue weighted by molar-refractivity contribution is 0.0820. The summed E-state index contributed by atoms with van der Waals surface area (Å²) in [7, 11) is 0. The molecule has 0 aromatic heterocycles. The molecule has 0 unspecified atom stereocenters. The van der Waals surface area contributed by atoms with Crippen LogP contribution in [-0.4, -0.2) is 28.2 Å². The highest BCUT2D eigenvalue weighted by atomic mass is 32.2. The van der Waals surface area contributed by atoms with E-state index in [9.17, 15) is 10.2 Å². The van der Waals surface area contributed by atoms with Gasteiger partial charge in [-0.2, -0.15) is 0 Å². The van der Waals surface area contributed by atoms with Gasteiger partial charge in [0, 0.05) is 23.5 Å². The fourth-order valence-electron chi connectivity index (χ4n) is 1.48. The van der Waals surface area contributed by atoms with Gasteiger partial charge in [-0.25, -0.2) is 0 Å². The normalized spacial score (nSPS) is 13.9. The molecular weight excluding hydrogens is 232 g/mol. The van der Waals surface area contributed by atoms with Crippen molar-refractivity contribution in [3.8, 4) is 12.3 Å². The van der Waals surface area contributed by atoms with Crippen molar-refractivity contribution in [1.82, 2.24) is 0 Å². The van der Waals surface area contributed by atoms with E-state index < -0.39 is 12.2 Å². The third-order valence-corrected chi connectivity index (χ3v) is 3.41. The first kappa shape index (κ1) is 14.1. The molecule has 0 aliphatic heterocycles. The first-order valence-electron chi connectivity index (χ1n) is 5.70. The molecule has 0 aliphatic rings. The van der Waals surface area contributed by atoms with Gasteiger partial charge in [0.15, 0.2) is 0 Å². The monoisotopic (exact) mass is 250 g/mol. The molecule has 17 heavy (non-hydrogen) atoms. The number of rotatable bonds is 7. The Bertz CT molecular complexity index is 345. The molecule has 0 aliphatic carbocycles. The Morgan fingerprint density at radius 1 is 1.18 bits per heavy atom. The third-order valence-electron chi connectivity index (χ3n) is 2.36. The molecule has 1 aromatic carbocycles. The molecule has 0 saturated heterocycles. The van der Waals surface area contributed by atoms with E-state index in [1.54, 1.807) is 11.8 Å². The van der Waals surface area contributed by atoms with Crippen molar-refractivity contribution < 1.29 is 10.2 Å². The standard InChI is InChI=1S/C14H18O2S/c1-2-6-12(15)11-13(16)9-10-17-14-7-4-3-5-8-14/h1,3-5,7-8,12-13,15-16H,6,9-11H2/t12-,13-/m1/s1. The van der Waals surface area contributed by atoms with Crippen LogP contribution >= 0.6 is 11.8 Å². The number of terminal acetylenes is 1. The minimum Gasteiger partial charge on any atom is -0.393 e. The van der Waals surface area contributed by atoms with Crippen LogP contribution in [0.5, 0.6) is 0 Å². The number of hydrogen-bond donors (Lipinski definition) is 2. The van der Waals surface area contributed by atoms with Gasteiger partial charge < -0.3 is 10.2 Å². The molecule has 0 heterocycles. The highest BCUT2D eigenvalue weighted by Crippen LogP contribution is 2.19. The number of aliphatic hydroxyl groups excluding tert-OH is 2. The van der Waals surface area contributed by atoms with Crippen molar-refractivity contribution in [1.29, 1.82) is 0 Å². The zero-order chi connectivity index (χ0) is 12.5. The Kier molecular flexibility index (Phi) is 6.80. The fourth-order valence-corrected chi connectivity index (χ4v) is 2.46.